The third kappa shape index (κ3) is 5.72. The molecule has 0 heterocycles. The number of nitriles is 1. The molecule has 120 valence electrons. The molecule has 0 bridgehead atoms. The van der Waals surface area contributed by atoms with Gasteiger partial charge in [-0.25, -0.2) is 9.38 Å². The van der Waals surface area contributed by atoms with Gasteiger partial charge in [0.15, 0.2) is 5.96 Å². The van der Waals surface area contributed by atoms with Gasteiger partial charge in [-0.15, -0.1) is 0 Å². The number of nitrogens with one attached hydrogen (secondary N) is 2. The lowest BCUT2D eigenvalue weighted by molar-refractivity contribution is 0.481. The number of guanidine groups is 1. The average molecular weight is 304 g/mol. The number of hydrogen-bond acceptors (Lipinski definition) is 2. The van der Waals surface area contributed by atoms with Crippen molar-refractivity contribution >= 4 is 5.96 Å². The van der Waals surface area contributed by atoms with E-state index in [9.17, 15) is 4.39 Å². The number of halogens is 1. The summed E-state index contributed by atoms with van der Waals surface area (Å²) >= 11 is 0. The quantitative estimate of drug-likeness (QED) is 0.601. The summed E-state index contributed by atoms with van der Waals surface area (Å²) < 4.78 is 13.7. The zero-order chi connectivity index (χ0) is 16.4. The van der Waals surface area contributed by atoms with Crippen molar-refractivity contribution in [2.24, 2.45) is 10.9 Å². The molecule has 0 radical (unpaired) electrons. The minimum atomic E-state index is -0.335. The highest BCUT2D eigenvalue weighted by atomic mass is 19.1. The fourth-order valence-electron chi connectivity index (χ4n) is 2.09. The molecule has 0 aliphatic rings. The second-order valence-electron chi connectivity index (χ2n) is 5.18. The van der Waals surface area contributed by atoms with Crippen LogP contribution in [0.3, 0.4) is 0 Å². The largest absolute Gasteiger partial charge is 0.357 e. The standard InChI is InChI=1S/C17H25FN4/c1-4-13(5-2)11-21-17(20-6-3)22-12-15-9-14(10-19)7-8-16(15)18/h7-9,13H,4-6,11-12H2,1-3H3,(H2,20,21,22). The summed E-state index contributed by atoms with van der Waals surface area (Å²) in [5.74, 6) is 0.942. The van der Waals surface area contributed by atoms with Crippen molar-refractivity contribution in [2.45, 2.75) is 40.2 Å². The Hall–Kier alpha value is -2.09. The number of rotatable bonds is 7. The van der Waals surface area contributed by atoms with E-state index in [0.717, 1.165) is 25.9 Å². The number of aliphatic imine (C=N–C) groups is 1. The Labute approximate surface area is 132 Å². The van der Waals surface area contributed by atoms with E-state index in [1.165, 1.54) is 12.1 Å². The van der Waals surface area contributed by atoms with Crippen LogP contribution in [0, 0.1) is 23.1 Å². The molecule has 22 heavy (non-hydrogen) atoms. The molecule has 1 rings (SSSR count). The Balaban J connectivity index is 2.75. The van der Waals surface area contributed by atoms with Crippen LogP contribution in [0.2, 0.25) is 0 Å². The molecular weight excluding hydrogens is 279 g/mol. The molecule has 0 spiro atoms. The van der Waals surface area contributed by atoms with Gasteiger partial charge in [0.2, 0.25) is 0 Å². The van der Waals surface area contributed by atoms with Gasteiger partial charge in [-0.05, 0) is 31.0 Å². The van der Waals surface area contributed by atoms with Gasteiger partial charge in [0.25, 0.3) is 0 Å². The molecule has 1 aromatic carbocycles. The molecule has 0 amide bonds. The summed E-state index contributed by atoms with van der Waals surface area (Å²) in [6.45, 7) is 8.13. The van der Waals surface area contributed by atoms with Crippen LogP contribution in [-0.2, 0) is 6.54 Å². The van der Waals surface area contributed by atoms with Crippen LogP contribution in [-0.4, -0.2) is 19.0 Å². The molecule has 0 saturated carbocycles. The van der Waals surface area contributed by atoms with Crippen LogP contribution in [0.25, 0.3) is 0 Å². The molecule has 4 nitrogen and oxygen atoms in total. The molecule has 0 fully saturated rings. The van der Waals surface area contributed by atoms with E-state index in [2.05, 4.69) is 29.5 Å². The third-order valence-electron chi connectivity index (χ3n) is 3.64. The number of nitrogens with zero attached hydrogens (tertiary/aromatic N) is 2. The van der Waals surface area contributed by atoms with Gasteiger partial charge in [-0.3, -0.25) is 0 Å². The molecule has 0 aromatic heterocycles. The van der Waals surface area contributed by atoms with Gasteiger partial charge in [0, 0.05) is 18.7 Å². The molecule has 0 atom stereocenters. The van der Waals surface area contributed by atoms with Crippen molar-refractivity contribution in [1.82, 2.24) is 10.6 Å². The van der Waals surface area contributed by atoms with Crippen molar-refractivity contribution in [3.63, 3.8) is 0 Å². The topological polar surface area (TPSA) is 60.2 Å². The molecule has 2 N–H and O–H groups in total. The summed E-state index contributed by atoms with van der Waals surface area (Å²) in [5, 5.41) is 15.3. The average Bonchev–Trinajstić information content (AvgIpc) is 2.54. The van der Waals surface area contributed by atoms with E-state index in [4.69, 9.17) is 5.26 Å². The lowest BCUT2D eigenvalue weighted by atomic mass is 10.0. The molecular formula is C17H25FN4. The van der Waals surface area contributed by atoms with E-state index in [1.807, 2.05) is 13.0 Å². The third-order valence-corrected chi connectivity index (χ3v) is 3.64. The SMILES string of the molecule is CCNC(=NCc1cc(C#N)ccc1F)NCC(CC)CC. The first-order valence-electron chi connectivity index (χ1n) is 7.85. The first kappa shape index (κ1) is 18.0. The second-order valence-corrected chi connectivity index (χ2v) is 5.18. The highest BCUT2D eigenvalue weighted by molar-refractivity contribution is 5.79. The van der Waals surface area contributed by atoms with Crippen LogP contribution in [0.15, 0.2) is 23.2 Å². The van der Waals surface area contributed by atoms with Crippen molar-refractivity contribution < 1.29 is 4.39 Å². The number of benzene rings is 1. The Morgan fingerprint density at radius 3 is 2.59 bits per heavy atom. The molecule has 0 saturated heterocycles. The predicted molar refractivity (Wildman–Crippen MR) is 88.0 cm³/mol. The highest BCUT2D eigenvalue weighted by Gasteiger charge is 2.06. The molecule has 0 unspecified atom stereocenters. The van der Waals surface area contributed by atoms with Crippen LogP contribution in [0.1, 0.15) is 44.7 Å². The lowest BCUT2D eigenvalue weighted by Gasteiger charge is -2.16. The van der Waals surface area contributed by atoms with Gasteiger partial charge >= 0.3 is 0 Å². The Morgan fingerprint density at radius 1 is 1.27 bits per heavy atom. The van der Waals surface area contributed by atoms with Crippen LogP contribution in [0.5, 0.6) is 0 Å². The number of hydrogen-bond donors (Lipinski definition) is 2. The fraction of sp³-hybridized carbons (Fsp3) is 0.529. The highest BCUT2D eigenvalue weighted by Crippen LogP contribution is 2.11. The first-order chi connectivity index (χ1) is 10.6. The van der Waals surface area contributed by atoms with E-state index < -0.39 is 0 Å². The normalized spacial score (nSPS) is 11.4. The second kappa shape index (κ2) is 9.78. The summed E-state index contributed by atoms with van der Waals surface area (Å²) in [7, 11) is 0. The van der Waals surface area contributed by atoms with Crippen molar-refractivity contribution in [3.8, 4) is 6.07 Å². The monoisotopic (exact) mass is 304 g/mol. The Morgan fingerprint density at radius 2 is 2.00 bits per heavy atom. The molecule has 5 heteroatoms. The van der Waals surface area contributed by atoms with Gasteiger partial charge in [0.05, 0.1) is 18.2 Å². The smallest absolute Gasteiger partial charge is 0.191 e. The maximum atomic E-state index is 13.7. The lowest BCUT2D eigenvalue weighted by Crippen LogP contribution is -2.39. The summed E-state index contributed by atoms with van der Waals surface area (Å²) in [5.41, 5.74) is 0.875. The zero-order valence-electron chi connectivity index (χ0n) is 13.6. The predicted octanol–water partition coefficient (Wildman–Crippen LogP) is 3.19. The van der Waals surface area contributed by atoms with Gasteiger partial charge in [0.1, 0.15) is 5.82 Å². The van der Waals surface area contributed by atoms with Gasteiger partial charge in [-0.1, -0.05) is 26.7 Å². The molecule has 0 aliphatic carbocycles. The van der Waals surface area contributed by atoms with Gasteiger partial charge < -0.3 is 10.6 Å². The fourth-order valence-corrected chi connectivity index (χ4v) is 2.09. The minimum Gasteiger partial charge on any atom is -0.357 e. The van der Waals surface area contributed by atoms with E-state index in [-0.39, 0.29) is 12.4 Å². The maximum Gasteiger partial charge on any atom is 0.191 e. The van der Waals surface area contributed by atoms with Crippen molar-refractivity contribution in [3.05, 3.63) is 35.1 Å². The van der Waals surface area contributed by atoms with Gasteiger partial charge in [-0.2, -0.15) is 5.26 Å². The van der Waals surface area contributed by atoms with Crippen LogP contribution >= 0.6 is 0 Å². The van der Waals surface area contributed by atoms with E-state index in [1.54, 1.807) is 6.07 Å². The van der Waals surface area contributed by atoms with Crippen LogP contribution in [0.4, 0.5) is 4.39 Å². The molecule has 0 aliphatic heterocycles. The van der Waals surface area contributed by atoms with Crippen molar-refractivity contribution in [1.29, 1.82) is 5.26 Å². The Kier molecular flexibility index (Phi) is 7.98. The van der Waals surface area contributed by atoms with E-state index in [0.29, 0.717) is 23.0 Å². The molecule has 1 aromatic rings. The zero-order valence-corrected chi connectivity index (χ0v) is 13.6. The summed E-state index contributed by atoms with van der Waals surface area (Å²) in [4.78, 5) is 4.41. The first-order valence-corrected chi connectivity index (χ1v) is 7.85. The van der Waals surface area contributed by atoms with Crippen LogP contribution < -0.4 is 10.6 Å². The van der Waals surface area contributed by atoms with Crippen molar-refractivity contribution in [2.75, 3.05) is 13.1 Å². The summed E-state index contributed by atoms with van der Waals surface area (Å²) in [6, 6.07) is 6.35. The maximum absolute atomic E-state index is 13.7. The van der Waals surface area contributed by atoms with E-state index >= 15 is 0 Å². The minimum absolute atomic E-state index is 0.208. The Bertz CT molecular complexity index is 530. The summed E-state index contributed by atoms with van der Waals surface area (Å²) in [6.07, 6.45) is 2.23.